The predicted molar refractivity (Wildman–Crippen MR) is 76.3 cm³/mol. The Kier molecular flexibility index (Phi) is 3.25. The first kappa shape index (κ1) is 14.0. The van der Waals surface area contributed by atoms with E-state index in [0.29, 0.717) is 17.6 Å². The SMILES string of the molecule is CCn1cc(C(=O)O)c(=O)c2cc(F)c(-c3cnoc3)cc21. The van der Waals surface area contributed by atoms with Crippen molar-refractivity contribution in [2.75, 3.05) is 0 Å². The maximum Gasteiger partial charge on any atom is 0.341 e. The van der Waals surface area contributed by atoms with Crippen molar-refractivity contribution in [2.24, 2.45) is 0 Å². The van der Waals surface area contributed by atoms with Crippen molar-refractivity contribution in [1.82, 2.24) is 9.72 Å². The molecule has 22 heavy (non-hydrogen) atoms. The first-order valence-corrected chi connectivity index (χ1v) is 6.52. The lowest BCUT2D eigenvalue weighted by atomic mass is 10.0. The van der Waals surface area contributed by atoms with Crippen LogP contribution in [0.15, 0.2) is 40.1 Å². The van der Waals surface area contributed by atoms with Crippen molar-refractivity contribution in [3.8, 4) is 11.1 Å². The zero-order valence-electron chi connectivity index (χ0n) is 11.5. The number of aromatic carboxylic acids is 1. The summed E-state index contributed by atoms with van der Waals surface area (Å²) in [4.78, 5) is 23.3. The van der Waals surface area contributed by atoms with Gasteiger partial charge in [0.15, 0.2) is 0 Å². The van der Waals surface area contributed by atoms with E-state index in [0.717, 1.165) is 6.07 Å². The van der Waals surface area contributed by atoms with Crippen LogP contribution in [0.25, 0.3) is 22.0 Å². The maximum absolute atomic E-state index is 14.3. The Labute approximate surface area is 123 Å². The lowest BCUT2D eigenvalue weighted by Gasteiger charge is -2.11. The lowest BCUT2D eigenvalue weighted by molar-refractivity contribution is 0.0695. The van der Waals surface area contributed by atoms with Crippen LogP contribution in [0.4, 0.5) is 4.39 Å². The molecule has 0 fully saturated rings. The molecule has 0 bridgehead atoms. The summed E-state index contributed by atoms with van der Waals surface area (Å²) in [6, 6.07) is 2.55. The molecule has 0 radical (unpaired) electrons. The van der Waals surface area contributed by atoms with Crippen molar-refractivity contribution >= 4 is 16.9 Å². The second kappa shape index (κ2) is 5.10. The fourth-order valence-electron chi connectivity index (χ4n) is 2.38. The number of fused-ring (bicyclic) bond motifs is 1. The van der Waals surface area contributed by atoms with Gasteiger partial charge in [0.1, 0.15) is 17.6 Å². The number of hydrogen-bond acceptors (Lipinski definition) is 4. The molecule has 0 atom stereocenters. The molecular weight excluding hydrogens is 291 g/mol. The molecule has 0 aliphatic heterocycles. The third-order valence-corrected chi connectivity index (χ3v) is 3.48. The van der Waals surface area contributed by atoms with Crippen molar-refractivity contribution < 1.29 is 18.8 Å². The summed E-state index contributed by atoms with van der Waals surface area (Å²) >= 11 is 0. The monoisotopic (exact) mass is 302 g/mol. The standard InChI is InChI=1S/C15H11FN2O4/c1-2-18-6-11(15(20)21)14(19)10-3-12(16)9(4-13(10)18)8-5-17-22-7-8/h3-7H,2H2,1H3,(H,20,21). The summed E-state index contributed by atoms with van der Waals surface area (Å²) in [5.74, 6) is -1.98. The number of aryl methyl sites for hydroxylation is 1. The van der Waals surface area contributed by atoms with Gasteiger partial charge in [-0.2, -0.15) is 0 Å². The van der Waals surface area contributed by atoms with E-state index in [9.17, 15) is 14.0 Å². The molecule has 3 aromatic rings. The molecule has 0 unspecified atom stereocenters. The lowest BCUT2D eigenvalue weighted by Crippen LogP contribution is -2.19. The third-order valence-electron chi connectivity index (χ3n) is 3.48. The summed E-state index contributed by atoms with van der Waals surface area (Å²) in [6.07, 6.45) is 3.93. The Morgan fingerprint density at radius 3 is 2.82 bits per heavy atom. The Balaban J connectivity index is 2.40. The number of carboxylic acid groups (broad SMARTS) is 1. The summed E-state index contributed by atoms with van der Waals surface area (Å²) in [6.45, 7) is 2.24. The second-order valence-electron chi connectivity index (χ2n) is 4.73. The molecule has 0 aliphatic carbocycles. The Morgan fingerprint density at radius 1 is 1.45 bits per heavy atom. The van der Waals surface area contributed by atoms with E-state index in [-0.39, 0.29) is 16.5 Å². The molecule has 0 aliphatic rings. The number of aromatic nitrogens is 2. The minimum Gasteiger partial charge on any atom is -0.477 e. The van der Waals surface area contributed by atoms with Gasteiger partial charge in [-0.1, -0.05) is 5.16 Å². The highest BCUT2D eigenvalue weighted by molar-refractivity contribution is 5.93. The number of rotatable bonds is 3. The number of nitrogens with zero attached hydrogens (tertiary/aromatic N) is 2. The minimum atomic E-state index is -1.34. The molecule has 2 heterocycles. The van der Waals surface area contributed by atoms with Crippen molar-refractivity contribution in [3.63, 3.8) is 0 Å². The van der Waals surface area contributed by atoms with E-state index >= 15 is 0 Å². The zero-order valence-corrected chi connectivity index (χ0v) is 11.5. The molecule has 6 nitrogen and oxygen atoms in total. The van der Waals surface area contributed by atoms with Gasteiger partial charge in [0.25, 0.3) is 0 Å². The molecule has 2 aromatic heterocycles. The van der Waals surface area contributed by atoms with Gasteiger partial charge in [-0.25, -0.2) is 9.18 Å². The maximum atomic E-state index is 14.3. The van der Waals surface area contributed by atoms with E-state index in [1.807, 2.05) is 0 Å². The molecule has 0 amide bonds. The highest BCUT2D eigenvalue weighted by Gasteiger charge is 2.17. The van der Waals surface area contributed by atoms with Crippen LogP contribution in [0.5, 0.6) is 0 Å². The van der Waals surface area contributed by atoms with Gasteiger partial charge in [-0.05, 0) is 19.1 Å². The van der Waals surface area contributed by atoms with Crippen molar-refractivity contribution in [1.29, 1.82) is 0 Å². The average Bonchev–Trinajstić information content (AvgIpc) is 3.01. The molecular formula is C15H11FN2O4. The van der Waals surface area contributed by atoms with Gasteiger partial charge in [-0.3, -0.25) is 4.79 Å². The summed E-state index contributed by atoms with van der Waals surface area (Å²) < 4.78 is 20.6. The molecule has 112 valence electrons. The van der Waals surface area contributed by atoms with Crippen LogP contribution in [-0.2, 0) is 6.54 Å². The van der Waals surface area contributed by atoms with Crippen LogP contribution in [0.2, 0.25) is 0 Å². The number of carbonyl (C=O) groups is 1. The Morgan fingerprint density at radius 2 is 2.23 bits per heavy atom. The van der Waals surface area contributed by atoms with Crippen molar-refractivity contribution in [3.05, 3.63) is 52.4 Å². The van der Waals surface area contributed by atoms with Gasteiger partial charge in [0.05, 0.1) is 11.7 Å². The van der Waals surface area contributed by atoms with Crippen molar-refractivity contribution in [2.45, 2.75) is 13.5 Å². The number of carboxylic acids is 1. The molecule has 0 saturated carbocycles. The highest BCUT2D eigenvalue weighted by atomic mass is 19.1. The summed E-state index contributed by atoms with van der Waals surface area (Å²) in [7, 11) is 0. The first-order chi connectivity index (χ1) is 10.5. The summed E-state index contributed by atoms with van der Waals surface area (Å²) in [5, 5.41) is 12.6. The van der Waals surface area contributed by atoms with Gasteiger partial charge >= 0.3 is 5.97 Å². The highest BCUT2D eigenvalue weighted by Crippen LogP contribution is 2.26. The fraction of sp³-hybridized carbons (Fsp3) is 0.133. The van der Waals surface area contributed by atoms with Gasteiger partial charge in [0, 0.05) is 29.3 Å². The Bertz CT molecular complexity index is 929. The smallest absolute Gasteiger partial charge is 0.341 e. The normalized spacial score (nSPS) is 11.0. The van der Waals surface area contributed by atoms with Crippen LogP contribution in [-0.4, -0.2) is 20.8 Å². The second-order valence-corrected chi connectivity index (χ2v) is 4.73. The summed E-state index contributed by atoms with van der Waals surface area (Å²) in [5.41, 5.74) is 0.0415. The van der Waals surface area contributed by atoms with Crippen LogP contribution < -0.4 is 5.43 Å². The first-order valence-electron chi connectivity index (χ1n) is 6.52. The average molecular weight is 302 g/mol. The zero-order chi connectivity index (χ0) is 15.9. The van der Waals surface area contributed by atoms with Crippen LogP contribution in [0.3, 0.4) is 0 Å². The minimum absolute atomic E-state index is 0.0273. The number of hydrogen-bond donors (Lipinski definition) is 1. The van der Waals surface area contributed by atoms with Gasteiger partial charge in [-0.15, -0.1) is 0 Å². The van der Waals surface area contributed by atoms with E-state index in [1.54, 1.807) is 11.5 Å². The van der Waals surface area contributed by atoms with E-state index in [4.69, 9.17) is 9.63 Å². The predicted octanol–water partition coefficient (Wildman–Crippen LogP) is 2.51. The number of pyridine rings is 1. The Hall–Kier alpha value is -2.96. The number of halogens is 1. The van der Waals surface area contributed by atoms with Crippen LogP contribution in [0, 0.1) is 5.82 Å². The van der Waals surface area contributed by atoms with E-state index in [2.05, 4.69) is 5.16 Å². The number of benzene rings is 1. The molecule has 0 saturated heterocycles. The molecule has 1 aromatic carbocycles. The van der Waals surface area contributed by atoms with E-state index < -0.39 is 17.2 Å². The molecule has 3 rings (SSSR count). The van der Waals surface area contributed by atoms with Crippen LogP contribution in [0.1, 0.15) is 17.3 Å². The van der Waals surface area contributed by atoms with E-state index in [1.165, 1.54) is 24.7 Å². The molecule has 1 N–H and O–H groups in total. The topological polar surface area (TPSA) is 85.3 Å². The third kappa shape index (κ3) is 2.07. The van der Waals surface area contributed by atoms with Gasteiger partial charge < -0.3 is 14.2 Å². The quantitative estimate of drug-likeness (QED) is 0.803. The molecule has 7 heteroatoms. The fourth-order valence-corrected chi connectivity index (χ4v) is 2.38. The largest absolute Gasteiger partial charge is 0.477 e. The molecule has 0 spiro atoms. The van der Waals surface area contributed by atoms with Crippen LogP contribution >= 0.6 is 0 Å². The van der Waals surface area contributed by atoms with Gasteiger partial charge in [0.2, 0.25) is 5.43 Å².